The van der Waals surface area contributed by atoms with Gasteiger partial charge in [-0.3, -0.25) is 4.90 Å². The van der Waals surface area contributed by atoms with Gasteiger partial charge >= 0.3 is 5.97 Å². The highest BCUT2D eigenvalue weighted by Crippen LogP contribution is 2.43. The topological polar surface area (TPSA) is 71.9 Å². The van der Waals surface area contributed by atoms with Crippen molar-refractivity contribution in [3.8, 4) is 0 Å². The summed E-state index contributed by atoms with van der Waals surface area (Å²) in [4.78, 5) is 17.5. The van der Waals surface area contributed by atoms with Gasteiger partial charge in [-0.1, -0.05) is 0 Å². The first-order chi connectivity index (χ1) is 10.6. The molecule has 3 rings (SSSR count). The molecule has 1 aromatic heterocycles. The number of likely N-dealkylation sites (tertiary alicyclic amines) is 1. The number of hydrogen-bond donors (Lipinski definition) is 1. The van der Waals surface area contributed by atoms with Crippen LogP contribution in [0.15, 0.2) is 10.9 Å². The van der Waals surface area contributed by atoms with Crippen LogP contribution in [-0.4, -0.2) is 59.0 Å². The molecule has 1 saturated carbocycles. The zero-order valence-electron chi connectivity index (χ0n) is 12.7. The number of ether oxygens (including phenoxy) is 2. The summed E-state index contributed by atoms with van der Waals surface area (Å²) < 4.78 is 11.4. The molecule has 6 nitrogen and oxygen atoms in total. The Morgan fingerprint density at radius 1 is 1.59 bits per heavy atom. The SMILES string of the molecule is CO[C@@]12CC[C@@H](OCC(=O)O)C[C@@H]1N(Cc1cscn1)CC2. The van der Waals surface area contributed by atoms with Gasteiger partial charge in [0.05, 0.1) is 22.9 Å². The Kier molecular flexibility index (Phi) is 4.77. The quantitative estimate of drug-likeness (QED) is 0.859. The standard InChI is InChI=1S/C15H22N2O4S/c1-20-15-3-2-12(21-8-14(18)19)6-13(15)17(5-4-15)7-11-9-22-10-16-11/h9-10,12-13H,2-8H2,1H3,(H,18,19)/t12-,13+,15-/m1/s1. The van der Waals surface area contributed by atoms with Gasteiger partial charge in [0.1, 0.15) is 6.61 Å². The van der Waals surface area contributed by atoms with Crippen LogP contribution in [0.5, 0.6) is 0 Å². The average Bonchev–Trinajstić information content (AvgIpc) is 3.14. The lowest BCUT2D eigenvalue weighted by Crippen LogP contribution is -2.51. The molecule has 122 valence electrons. The maximum Gasteiger partial charge on any atom is 0.329 e. The first-order valence-electron chi connectivity index (χ1n) is 7.62. The van der Waals surface area contributed by atoms with Crippen LogP contribution in [0, 0.1) is 0 Å². The normalized spacial score (nSPS) is 32.0. The summed E-state index contributed by atoms with van der Waals surface area (Å²) in [5.41, 5.74) is 2.83. The highest BCUT2D eigenvalue weighted by Gasteiger charge is 2.51. The molecule has 22 heavy (non-hydrogen) atoms. The fraction of sp³-hybridized carbons (Fsp3) is 0.733. The molecule has 3 atom stereocenters. The van der Waals surface area contributed by atoms with Crippen LogP contribution in [0.2, 0.25) is 0 Å². The second kappa shape index (κ2) is 6.62. The van der Waals surface area contributed by atoms with Crippen molar-refractivity contribution in [2.24, 2.45) is 0 Å². The Labute approximate surface area is 134 Å². The van der Waals surface area contributed by atoms with Crippen LogP contribution in [-0.2, 0) is 20.8 Å². The van der Waals surface area contributed by atoms with E-state index in [1.165, 1.54) is 0 Å². The van der Waals surface area contributed by atoms with E-state index in [9.17, 15) is 4.79 Å². The Hall–Kier alpha value is -1.02. The van der Waals surface area contributed by atoms with E-state index < -0.39 is 5.97 Å². The predicted molar refractivity (Wildman–Crippen MR) is 81.9 cm³/mol. The minimum Gasteiger partial charge on any atom is -0.480 e. The minimum absolute atomic E-state index is 0.000379. The molecule has 0 amide bonds. The lowest BCUT2D eigenvalue weighted by atomic mass is 9.79. The second-order valence-corrected chi connectivity index (χ2v) is 6.80. The van der Waals surface area contributed by atoms with E-state index in [0.29, 0.717) is 0 Å². The molecular weight excluding hydrogens is 304 g/mol. The smallest absolute Gasteiger partial charge is 0.329 e. The third kappa shape index (κ3) is 3.17. The number of nitrogens with zero attached hydrogens (tertiary/aromatic N) is 2. The largest absolute Gasteiger partial charge is 0.480 e. The van der Waals surface area contributed by atoms with Crippen LogP contribution in [0.25, 0.3) is 0 Å². The summed E-state index contributed by atoms with van der Waals surface area (Å²) >= 11 is 1.61. The number of carboxylic acids is 1. The maximum atomic E-state index is 10.7. The van der Waals surface area contributed by atoms with Crippen molar-refractivity contribution in [2.45, 2.75) is 50.0 Å². The van der Waals surface area contributed by atoms with Gasteiger partial charge < -0.3 is 14.6 Å². The maximum absolute atomic E-state index is 10.7. The molecule has 1 aromatic rings. The molecule has 2 aliphatic rings. The number of hydrogen-bond acceptors (Lipinski definition) is 6. The molecule has 1 aliphatic heterocycles. The molecule has 1 N–H and O–H groups in total. The average molecular weight is 326 g/mol. The summed E-state index contributed by atoms with van der Waals surface area (Å²) in [6.45, 7) is 1.59. The van der Waals surface area contributed by atoms with Crippen molar-refractivity contribution >= 4 is 17.3 Å². The Morgan fingerprint density at radius 3 is 3.14 bits per heavy atom. The molecule has 1 saturated heterocycles. The van der Waals surface area contributed by atoms with Crippen LogP contribution in [0.4, 0.5) is 0 Å². The number of rotatable bonds is 6. The first kappa shape index (κ1) is 15.9. The van der Waals surface area contributed by atoms with Crippen molar-refractivity contribution in [2.75, 3.05) is 20.3 Å². The Morgan fingerprint density at radius 2 is 2.45 bits per heavy atom. The van der Waals surface area contributed by atoms with Gasteiger partial charge in [0.25, 0.3) is 0 Å². The molecule has 0 spiro atoms. The highest BCUT2D eigenvalue weighted by atomic mass is 32.1. The Balaban J connectivity index is 1.68. The summed E-state index contributed by atoms with van der Waals surface area (Å²) in [5.74, 6) is -0.908. The number of methoxy groups -OCH3 is 1. The van der Waals surface area contributed by atoms with E-state index in [2.05, 4.69) is 15.3 Å². The molecule has 0 radical (unpaired) electrons. The van der Waals surface area contributed by atoms with Crippen molar-refractivity contribution in [3.05, 3.63) is 16.6 Å². The second-order valence-electron chi connectivity index (χ2n) is 6.09. The highest BCUT2D eigenvalue weighted by molar-refractivity contribution is 7.07. The predicted octanol–water partition coefficient (Wildman–Crippen LogP) is 1.76. The van der Waals surface area contributed by atoms with Crippen LogP contribution >= 0.6 is 11.3 Å². The lowest BCUT2D eigenvalue weighted by molar-refractivity contribution is -0.148. The number of aromatic nitrogens is 1. The monoisotopic (exact) mass is 326 g/mol. The third-order valence-electron chi connectivity index (χ3n) is 4.94. The lowest BCUT2D eigenvalue weighted by Gasteiger charge is -2.43. The van der Waals surface area contributed by atoms with Gasteiger partial charge in [-0.25, -0.2) is 9.78 Å². The number of carboxylic acid groups (broad SMARTS) is 1. The molecular formula is C15H22N2O4S. The summed E-state index contributed by atoms with van der Waals surface area (Å²) in [6.07, 6.45) is 3.63. The van der Waals surface area contributed by atoms with Gasteiger partial charge in [0.15, 0.2) is 0 Å². The van der Waals surface area contributed by atoms with Gasteiger partial charge in [-0.15, -0.1) is 11.3 Å². The van der Waals surface area contributed by atoms with E-state index in [1.807, 2.05) is 5.51 Å². The third-order valence-corrected chi connectivity index (χ3v) is 5.58. The fourth-order valence-electron chi connectivity index (χ4n) is 3.81. The molecule has 0 unspecified atom stereocenters. The van der Waals surface area contributed by atoms with Gasteiger partial charge in [-0.05, 0) is 25.7 Å². The summed E-state index contributed by atoms with van der Waals surface area (Å²) in [5, 5.41) is 10.9. The van der Waals surface area contributed by atoms with Crippen LogP contribution in [0.1, 0.15) is 31.4 Å². The minimum atomic E-state index is -0.908. The molecule has 7 heteroatoms. The molecule has 0 bridgehead atoms. The zero-order chi connectivity index (χ0) is 15.6. The summed E-state index contributed by atoms with van der Waals surface area (Å²) in [6, 6.07) is 0.270. The van der Waals surface area contributed by atoms with Crippen molar-refractivity contribution < 1.29 is 19.4 Å². The fourth-order valence-corrected chi connectivity index (χ4v) is 4.36. The number of thiazole rings is 1. The Bertz CT molecular complexity index is 510. The molecule has 2 heterocycles. The van der Waals surface area contributed by atoms with E-state index in [4.69, 9.17) is 14.6 Å². The van der Waals surface area contributed by atoms with Gasteiger partial charge in [0.2, 0.25) is 0 Å². The van der Waals surface area contributed by atoms with Crippen LogP contribution < -0.4 is 0 Å². The van der Waals surface area contributed by atoms with E-state index in [-0.39, 0.29) is 24.4 Å². The van der Waals surface area contributed by atoms with E-state index in [1.54, 1.807) is 18.4 Å². The van der Waals surface area contributed by atoms with Gasteiger partial charge in [0, 0.05) is 31.6 Å². The van der Waals surface area contributed by atoms with E-state index in [0.717, 1.165) is 44.5 Å². The van der Waals surface area contributed by atoms with Gasteiger partial charge in [-0.2, -0.15) is 0 Å². The van der Waals surface area contributed by atoms with Crippen LogP contribution in [0.3, 0.4) is 0 Å². The molecule has 2 fully saturated rings. The number of fused-ring (bicyclic) bond motifs is 1. The molecule has 0 aromatic carbocycles. The van der Waals surface area contributed by atoms with Crippen molar-refractivity contribution in [1.29, 1.82) is 0 Å². The number of carbonyl (C=O) groups is 1. The zero-order valence-corrected chi connectivity index (χ0v) is 13.6. The number of aliphatic carboxylic acids is 1. The summed E-state index contributed by atoms with van der Waals surface area (Å²) in [7, 11) is 1.79. The van der Waals surface area contributed by atoms with Crippen molar-refractivity contribution in [1.82, 2.24) is 9.88 Å². The molecule has 1 aliphatic carbocycles. The first-order valence-corrected chi connectivity index (χ1v) is 8.57. The van der Waals surface area contributed by atoms with E-state index >= 15 is 0 Å². The van der Waals surface area contributed by atoms with Crippen molar-refractivity contribution in [3.63, 3.8) is 0 Å².